The van der Waals surface area contributed by atoms with E-state index in [1.165, 1.54) is 6.42 Å². The standard InChI is InChI=1S/C15H23N3O/c1-10-6-11(2)9-18(8-10)14-7-12(19-3)4-5-13(14)15(16)17/h4-5,7,10-11H,6,8-9H2,1-3H3,(H3,16,17). The molecule has 4 heteroatoms. The molecule has 0 amide bonds. The highest BCUT2D eigenvalue weighted by molar-refractivity contribution is 6.00. The number of piperidine rings is 1. The van der Waals surface area contributed by atoms with Gasteiger partial charge in [0.05, 0.1) is 12.8 Å². The summed E-state index contributed by atoms with van der Waals surface area (Å²) in [5.74, 6) is 2.25. The molecule has 4 nitrogen and oxygen atoms in total. The van der Waals surface area contributed by atoms with E-state index in [0.29, 0.717) is 11.8 Å². The van der Waals surface area contributed by atoms with Crippen molar-refractivity contribution in [2.24, 2.45) is 17.6 Å². The zero-order valence-corrected chi connectivity index (χ0v) is 11.9. The smallest absolute Gasteiger partial charge is 0.124 e. The Kier molecular flexibility index (Phi) is 3.98. The number of amidine groups is 1. The lowest BCUT2D eigenvalue weighted by molar-refractivity contribution is 0.356. The SMILES string of the molecule is COc1ccc(C(=N)N)c(N2CC(C)CC(C)C2)c1. The van der Waals surface area contributed by atoms with Crippen LogP contribution in [0.4, 0.5) is 5.69 Å². The molecule has 3 N–H and O–H groups in total. The zero-order valence-electron chi connectivity index (χ0n) is 11.9. The summed E-state index contributed by atoms with van der Waals surface area (Å²) in [5, 5.41) is 7.73. The van der Waals surface area contributed by atoms with Crippen molar-refractivity contribution in [3.05, 3.63) is 23.8 Å². The van der Waals surface area contributed by atoms with Crippen molar-refractivity contribution < 1.29 is 4.74 Å². The molecule has 1 aliphatic rings. The van der Waals surface area contributed by atoms with Crippen LogP contribution in [0.3, 0.4) is 0 Å². The minimum absolute atomic E-state index is 0.114. The summed E-state index contributed by atoms with van der Waals surface area (Å²) in [7, 11) is 1.66. The molecular weight excluding hydrogens is 238 g/mol. The maximum Gasteiger partial charge on any atom is 0.124 e. The largest absolute Gasteiger partial charge is 0.497 e. The normalized spacial score (nSPS) is 23.2. The van der Waals surface area contributed by atoms with E-state index in [1.54, 1.807) is 7.11 Å². The van der Waals surface area contributed by atoms with Crippen LogP contribution in [0.5, 0.6) is 5.75 Å². The summed E-state index contributed by atoms with van der Waals surface area (Å²) in [4.78, 5) is 2.33. The zero-order chi connectivity index (χ0) is 14.0. The Labute approximate surface area is 115 Å². The molecule has 0 aromatic heterocycles. The monoisotopic (exact) mass is 261 g/mol. The number of nitrogen functional groups attached to an aromatic ring is 1. The maximum atomic E-state index is 7.73. The average Bonchev–Trinajstić information content (AvgIpc) is 2.36. The topological polar surface area (TPSA) is 62.3 Å². The molecule has 2 rings (SSSR count). The van der Waals surface area contributed by atoms with Gasteiger partial charge in [0.25, 0.3) is 0 Å². The fourth-order valence-corrected chi connectivity index (χ4v) is 2.99. The summed E-state index contributed by atoms with van der Waals surface area (Å²) in [6, 6.07) is 5.72. The quantitative estimate of drug-likeness (QED) is 0.649. The summed E-state index contributed by atoms with van der Waals surface area (Å²) in [6.07, 6.45) is 1.26. The third-order valence-electron chi connectivity index (χ3n) is 3.70. The number of ether oxygens (including phenoxy) is 1. The van der Waals surface area contributed by atoms with E-state index in [9.17, 15) is 0 Å². The van der Waals surface area contributed by atoms with Crippen molar-refractivity contribution >= 4 is 11.5 Å². The fourth-order valence-electron chi connectivity index (χ4n) is 2.99. The molecular formula is C15H23N3O. The Bertz CT molecular complexity index is 462. The van der Waals surface area contributed by atoms with Crippen LogP contribution < -0.4 is 15.4 Å². The minimum atomic E-state index is 0.114. The molecule has 1 saturated heterocycles. The van der Waals surface area contributed by atoms with Gasteiger partial charge in [0.1, 0.15) is 11.6 Å². The van der Waals surface area contributed by atoms with E-state index < -0.39 is 0 Å². The number of nitrogens with one attached hydrogen (secondary N) is 1. The summed E-state index contributed by atoms with van der Waals surface area (Å²) >= 11 is 0. The first kappa shape index (κ1) is 13.7. The van der Waals surface area contributed by atoms with E-state index in [2.05, 4.69) is 18.7 Å². The number of benzene rings is 1. The maximum absolute atomic E-state index is 7.73. The number of nitrogens with zero attached hydrogens (tertiary/aromatic N) is 1. The molecule has 1 heterocycles. The second kappa shape index (κ2) is 5.51. The van der Waals surface area contributed by atoms with E-state index in [0.717, 1.165) is 30.1 Å². The van der Waals surface area contributed by atoms with Gasteiger partial charge in [-0.1, -0.05) is 13.8 Å². The first-order chi connectivity index (χ1) is 9.01. The number of nitrogens with two attached hydrogens (primary N) is 1. The van der Waals surface area contributed by atoms with Gasteiger partial charge in [-0.3, -0.25) is 5.41 Å². The summed E-state index contributed by atoms with van der Waals surface area (Å²) in [6.45, 7) is 6.57. The minimum Gasteiger partial charge on any atom is -0.497 e. The molecule has 0 saturated carbocycles. The van der Waals surface area contributed by atoms with Crippen molar-refractivity contribution in [2.45, 2.75) is 20.3 Å². The van der Waals surface area contributed by atoms with Gasteiger partial charge < -0.3 is 15.4 Å². The Balaban J connectivity index is 2.38. The lowest BCUT2D eigenvalue weighted by Gasteiger charge is -2.37. The lowest BCUT2D eigenvalue weighted by Crippen LogP contribution is -2.39. The number of hydrogen-bond acceptors (Lipinski definition) is 3. The first-order valence-corrected chi connectivity index (χ1v) is 6.78. The van der Waals surface area contributed by atoms with Crippen molar-refractivity contribution in [3.63, 3.8) is 0 Å². The van der Waals surface area contributed by atoms with Crippen molar-refractivity contribution in [2.75, 3.05) is 25.1 Å². The molecule has 2 atom stereocenters. The van der Waals surface area contributed by atoms with Crippen molar-refractivity contribution in [3.8, 4) is 5.75 Å². The van der Waals surface area contributed by atoms with Crippen LogP contribution >= 0.6 is 0 Å². The molecule has 0 radical (unpaired) electrons. The summed E-state index contributed by atoms with van der Waals surface area (Å²) < 4.78 is 5.30. The second-order valence-corrected chi connectivity index (χ2v) is 5.65. The highest BCUT2D eigenvalue weighted by Gasteiger charge is 2.24. The number of anilines is 1. The van der Waals surface area contributed by atoms with Crippen LogP contribution in [0.1, 0.15) is 25.8 Å². The van der Waals surface area contributed by atoms with Crippen molar-refractivity contribution in [1.82, 2.24) is 0 Å². The Morgan fingerprint density at radius 1 is 1.32 bits per heavy atom. The van der Waals surface area contributed by atoms with Crippen molar-refractivity contribution in [1.29, 1.82) is 5.41 Å². The lowest BCUT2D eigenvalue weighted by atomic mass is 9.91. The molecule has 0 bridgehead atoms. The van der Waals surface area contributed by atoms with E-state index in [1.807, 2.05) is 18.2 Å². The summed E-state index contributed by atoms with van der Waals surface area (Å²) in [5.41, 5.74) is 7.51. The van der Waals surface area contributed by atoms with Gasteiger partial charge in [-0.2, -0.15) is 0 Å². The third kappa shape index (κ3) is 3.00. The molecule has 1 aromatic rings. The Hall–Kier alpha value is -1.71. The highest BCUT2D eigenvalue weighted by Crippen LogP contribution is 2.31. The molecule has 2 unspecified atom stereocenters. The second-order valence-electron chi connectivity index (χ2n) is 5.65. The van der Waals surface area contributed by atoms with Crippen LogP contribution in [-0.4, -0.2) is 26.0 Å². The predicted octanol–water partition coefficient (Wildman–Crippen LogP) is 2.46. The third-order valence-corrected chi connectivity index (χ3v) is 3.70. The molecule has 1 fully saturated rings. The van der Waals surface area contributed by atoms with Gasteiger partial charge in [-0.15, -0.1) is 0 Å². The van der Waals surface area contributed by atoms with E-state index in [4.69, 9.17) is 15.9 Å². The molecule has 0 aliphatic carbocycles. The van der Waals surface area contributed by atoms with Crippen LogP contribution in [0.15, 0.2) is 18.2 Å². The van der Waals surface area contributed by atoms with Gasteiger partial charge >= 0.3 is 0 Å². The van der Waals surface area contributed by atoms with Crippen LogP contribution in [0.2, 0.25) is 0 Å². The highest BCUT2D eigenvalue weighted by atomic mass is 16.5. The molecule has 1 aromatic carbocycles. The molecule has 19 heavy (non-hydrogen) atoms. The van der Waals surface area contributed by atoms with Gasteiger partial charge in [-0.05, 0) is 30.4 Å². The average molecular weight is 261 g/mol. The van der Waals surface area contributed by atoms with Crippen LogP contribution in [0.25, 0.3) is 0 Å². The number of rotatable bonds is 3. The van der Waals surface area contributed by atoms with Gasteiger partial charge in [0, 0.05) is 24.7 Å². The predicted molar refractivity (Wildman–Crippen MR) is 79.2 cm³/mol. The van der Waals surface area contributed by atoms with Gasteiger partial charge in [0.2, 0.25) is 0 Å². The van der Waals surface area contributed by atoms with Gasteiger partial charge in [-0.25, -0.2) is 0 Å². The Morgan fingerprint density at radius 2 is 1.95 bits per heavy atom. The molecule has 104 valence electrons. The Morgan fingerprint density at radius 3 is 2.47 bits per heavy atom. The fraction of sp³-hybridized carbons (Fsp3) is 0.533. The number of hydrogen-bond donors (Lipinski definition) is 2. The van der Waals surface area contributed by atoms with Crippen LogP contribution in [0, 0.1) is 17.2 Å². The van der Waals surface area contributed by atoms with Gasteiger partial charge in [0.15, 0.2) is 0 Å². The van der Waals surface area contributed by atoms with Crippen LogP contribution in [-0.2, 0) is 0 Å². The first-order valence-electron chi connectivity index (χ1n) is 6.78. The molecule has 0 spiro atoms. The van der Waals surface area contributed by atoms with E-state index in [-0.39, 0.29) is 5.84 Å². The molecule has 1 aliphatic heterocycles. The number of methoxy groups -OCH3 is 1. The van der Waals surface area contributed by atoms with E-state index >= 15 is 0 Å².